The fourth-order valence-corrected chi connectivity index (χ4v) is 5.87. The number of carbonyl (C=O) groups excluding carboxylic acids is 3. The fraction of sp³-hybridized carbons (Fsp3) is 0.560. The molecule has 5 rings (SSSR count). The highest BCUT2D eigenvalue weighted by Gasteiger charge is 2.59. The fourth-order valence-electron chi connectivity index (χ4n) is 5.87. The largest absolute Gasteiger partial charge is 0.379 e. The highest BCUT2D eigenvalue weighted by Crippen LogP contribution is 2.52. The minimum Gasteiger partial charge on any atom is -0.379 e. The quantitative estimate of drug-likeness (QED) is 0.478. The molecule has 0 spiro atoms. The van der Waals surface area contributed by atoms with Gasteiger partial charge in [0.2, 0.25) is 17.7 Å². The van der Waals surface area contributed by atoms with Crippen molar-refractivity contribution in [1.29, 1.82) is 0 Å². The number of nitrogens with zero attached hydrogens (tertiary/aromatic N) is 3. The molecule has 170 valence electrons. The summed E-state index contributed by atoms with van der Waals surface area (Å²) in [6, 6.07) is 9.83. The summed E-state index contributed by atoms with van der Waals surface area (Å²) in [5.41, 5.74) is 1.04. The minimum atomic E-state index is -0.265. The smallest absolute Gasteiger partial charge is 0.243 e. The lowest BCUT2D eigenvalue weighted by Crippen LogP contribution is -2.51. The third-order valence-electron chi connectivity index (χ3n) is 7.53. The summed E-state index contributed by atoms with van der Waals surface area (Å²) in [6.45, 7) is 6.18. The van der Waals surface area contributed by atoms with Crippen LogP contribution in [0.1, 0.15) is 18.9 Å². The number of imide groups is 1. The van der Waals surface area contributed by atoms with E-state index in [-0.39, 0.29) is 54.0 Å². The molecule has 1 aromatic carbocycles. The highest BCUT2D eigenvalue weighted by atomic mass is 16.5. The predicted molar refractivity (Wildman–Crippen MR) is 118 cm³/mol. The van der Waals surface area contributed by atoms with Gasteiger partial charge in [0.25, 0.3) is 0 Å². The van der Waals surface area contributed by atoms with Gasteiger partial charge in [-0.3, -0.25) is 24.2 Å². The number of hydrogen-bond acceptors (Lipinski definition) is 5. The Kier molecular flexibility index (Phi) is 5.86. The van der Waals surface area contributed by atoms with E-state index < -0.39 is 0 Å². The van der Waals surface area contributed by atoms with Crippen LogP contribution < -0.4 is 0 Å². The van der Waals surface area contributed by atoms with Gasteiger partial charge < -0.3 is 9.64 Å². The Morgan fingerprint density at radius 1 is 1.06 bits per heavy atom. The zero-order valence-electron chi connectivity index (χ0n) is 18.6. The summed E-state index contributed by atoms with van der Waals surface area (Å²) in [6.07, 6.45) is 5.05. The van der Waals surface area contributed by atoms with Gasteiger partial charge in [0.15, 0.2) is 0 Å². The summed E-state index contributed by atoms with van der Waals surface area (Å²) in [5, 5.41) is 0. The van der Waals surface area contributed by atoms with Gasteiger partial charge in [-0.1, -0.05) is 42.5 Å². The van der Waals surface area contributed by atoms with Gasteiger partial charge in [-0.2, -0.15) is 0 Å². The van der Waals surface area contributed by atoms with E-state index in [0.717, 1.165) is 31.6 Å². The van der Waals surface area contributed by atoms with Crippen molar-refractivity contribution in [3.8, 4) is 0 Å². The molecule has 2 heterocycles. The van der Waals surface area contributed by atoms with Gasteiger partial charge in [-0.25, -0.2) is 0 Å². The van der Waals surface area contributed by atoms with Crippen LogP contribution in [0.4, 0.5) is 0 Å². The van der Waals surface area contributed by atoms with E-state index in [9.17, 15) is 14.4 Å². The van der Waals surface area contributed by atoms with Crippen LogP contribution in [-0.4, -0.2) is 77.9 Å². The summed E-state index contributed by atoms with van der Waals surface area (Å²) in [7, 11) is 0. The molecule has 7 heteroatoms. The first kappa shape index (κ1) is 21.3. The third kappa shape index (κ3) is 3.88. The van der Waals surface area contributed by atoms with Crippen LogP contribution in [0.5, 0.6) is 0 Å². The first-order valence-corrected chi connectivity index (χ1v) is 11.7. The molecule has 3 fully saturated rings. The zero-order valence-corrected chi connectivity index (χ0v) is 18.6. The molecular weight excluding hydrogens is 406 g/mol. The van der Waals surface area contributed by atoms with E-state index in [1.165, 1.54) is 4.90 Å². The molecule has 32 heavy (non-hydrogen) atoms. The van der Waals surface area contributed by atoms with Crippen molar-refractivity contribution in [2.45, 2.75) is 25.9 Å². The van der Waals surface area contributed by atoms with Crippen LogP contribution >= 0.6 is 0 Å². The van der Waals surface area contributed by atoms with E-state index >= 15 is 0 Å². The van der Waals surface area contributed by atoms with Gasteiger partial charge in [0.05, 0.1) is 25.0 Å². The monoisotopic (exact) mass is 437 g/mol. The number of carbonyl (C=O) groups is 3. The van der Waals surface area contributed by atoms with Gasteiger partial charge in [-0.15, -0.1) is 0 Å². The molecule has 2 saturated heterocycles. The van der Waals surface area contributed by atoms with Crippen molar-refractivity contribution < 1.29 is 19.1 Å². The van der Waals surface area contributed by atoms with Crippen molar-refractivity contribution in [1.82, 2.24) is 14.7 Å². The van der Waals surface area contributed by atoms with Gasteiger partial charge >= 0.3 is 0 Å². The lowest BCUT2D eigenvalue weighted by molar-refractivity contribution is -0.148. The van der Waals surface area contributed by atoms with Crippen LogP contribution in [0.25, 0.3) is 0 Å². The van der Waals surface area contributed by atoms with E-state index in [1.807, 2.05) is 42.2 Å². The first-order chi connectivity index (χ1) is 15.5. The molecule has 0 N–H and O–H groups in total. The maximum absolute atomic E-state index is 13.5. The van der Waals surface area contributed by atoms with Crippen LogP contribution in [0, 0.1) is 23.7 Å². The Hall–Kier alpha value is -2.51. The van der Waals surface area contributed by atoms with Crippen molar-refractivity contribution in [2.75, 3.05) is 39.4 Å². The third-order valence-corrected chi connectivity index (χ3v) is 7.53. The summed E-state index contributed by atoms with van der Waals surface area (Å²) in [4.78, 5) is 45.0. The number of fused-ring (bicyclic) bond motifs is 5. The number of hydrogen-bond donors (Lipinski definition) is 0. The van der Waals surface area contributed by atoms with Crippen LogP contribution in [0.2, 0.25) is 0 Å². The highest BCUT2D eigenvalue weighted by molar-refractivity contribution is 6.08. The van der Waals surface area contributed by atoms with E-state index in [4.69, 9.17) is 4.74 Å². The molecule has 1 aromatic rings. The molecule has 2 aliphatic carbocycles. The number of benzene rings is 1. The van der Waals surface area contributed by atoms with Crippen LogP contribution in [-0.2, 0) is 25.7 Å². The molecule has 2 bridgehead atoms. The lowest BCUT2D eigenvalue weighted by Gasteiger charge is -2.36. The van der Waals surface area contributed by atoms with Gasteiger partial charge in [-0.05, 0) is 30.7 Å². The standard InChI is InChI=1S/C25H31N3O4/c1-17(14-26-9-11-32-12-10-26)27(15-18-5-3-2-4-6-18)21(29)16-28-24(30)22-19-7-8-20(13-19)23(22)25(28)31/h2-8,17,19-20,22-23H,9-16H2,1H3. The summed E-state index contributed by atoms with van der Waals surface area (Å²) < 4.78 is 5.45. The summed E-state index contributed by atoms with van der Waals surface area (Å²) in [5.74, 6) is -0.713. The number of ether oxygens (including phenoxy) is 1. The molecule has 1 saturated carbocycles. The maximum atomic E-state index is 13.5. The lowest BCUT2D eigenvalue weighted by atomic mass is 9.85. The van der Waals surface area contributed by atoms with E-state index in [0.29, 0.717) is 19.8 Å². The SMILES string of the molecule is CC(CN1CCOCC1)N(Cc1ccccc1)C(=O)CN1C(=O)C2C3C=CC(C3)C2C1=O. The number of amides is 3. The van der Waals surface area contributed by atoms with Crippen molar-refractivity contribution in [3.05, 3.63) is 48.0 Å². The molecule has 4 aliphatic rings. The molecular formula is C25H31N3O4. The number of likely N-dealkylation sites (tertiary alicyclic amines) is 1. The normalized spacial score (nSPS) is 30.1. The second kappa shape index (κ2) is 8.79. The predicted octanol–water partition coefficient (Wildman–Crippen LogP) is 1.54. The average molecular weight is 438 g/mol. The number of morpholine rings is 1. The molecule has 0 radical (unpaired) electrons. The number of allylic oxidation sites excluding steroid dienone is 2. The second-order valence-electron chi connectivity index (χ2n) is 9.53. The Labute approximate surface area is 189 Å². The average Bonchev–Trinajstić information content (AvgIpc) is 3.49. The molecule has 7 nitrogen and oxygen atoms in total. The Morgan fingerprint density at radius 2 is 1.69 bits per heavy atom. The van der Waals surface area contributed by atoms with E-state index in [1.54, 1.807) is 0 Å². The van der Waals surface area contributed by atoms with Crippen molar-refractivity contribution >= 4 is 17.7 Å². The van der Waals surface area contributed by atoms with Gasteiger partial charge in [0, 0.05) is 32.2 Å². The van der Waals surface area contributed by atoms with Gasteiger partial charge in [0.1, 0.15) is 6.54 Å². The molecule has 3 amide bonds. The molecule has 0 aromatic heterocycles. The molecule has 5 unspecified atom stereocenters. The topological polar surface area (TPSA) is 70.2 Å². The first-order valence-electron chi connectivity index (χ1n) is 11.7. The van der Waals surface area contributed by atoms with Crippen LogP contribution in [0.15, 0.2) is 42.5 Å². The molecule has 5 atom stereocenters. The second-order valence-corrected chi connectivity index (χ2v) is 9.53. The Bertz CT molecular complexity index is 881. The zero-order chi connectivity index (χ0) is 22.2. The maximum Gasteiger partial charge on any atom is 0.243 e. The van der Waals surface area contributed by atoms with Crippen molar-refractivity contribution in [2.24, 2.45) is 23.7 Å². The summed E-state index contributed by atoms with van der Waals surface area (Å²) >= 11 is 0. The number of rotatable bonds is 7. The van der Waals surface area contributed by atoms with Crippen LogP contribution in [0.3, 0.4) is 0 Å². The van der Waals surface area contributed by atoms with E-state index in [2.05, 4.69) is 17.1 Å². The molecule has 2 aliphatic heterocycles. The van der Waals surface area contributed by atoms with Crippen molar-refractivity contribution in [3.63, 3.8) is 0 Å². The Morgan fingerprint density at radius 3 is 2.31 bits per heavy atom. The minimum absolute atomic E-state index is 0.0500. The Balaban J connectivity index is 1.31.